The first-order chi connectivity index (χ1) is 11.0. The third-order valence-corrected chi connectivity index (χ3v) is 5.71. The SMILES string of the molecule is C=CC[C@H](N)[C@@]1(c2ccccc2)Cc2c(cc(F)c(Cl)c2Br)O1. The van der Waals surface area contributed by atoms with Crippen molar-refractivity contribution in [3.63, 3.8) is 0 Å². The van der Waals surface area contributed by atoms with E-state index in [0.717, 1.165) is 11.1 Å². The van der Waals surface area contributed by atoms with Gasteiger partial charge in [0.1, 0.15) is 11.6 Å². The molecule has 2 aromatic rings. The van der Waals surface area contributed by atoms with Crippen molar-refractivity contribution in [2.45, 2.75) is 24.5 Å². The molecule has 0 radical (unpaired) electrons. The van der Waals surface area contributed by atoms with Gasteiger partial charge >= 0.3 is 0 Å². The summed E-state index contributed by atoms with van der Waals surface area (Å²) in [5.41, 5.74) is 7.44. The van der Waals surface area contributed by atoms with E-state index in [1.54, 1.807) is 6.08 Å². The number of hydrogen-bond acceptors (Lipinski definition) is 2. The lowest BCUT2D eigenvalue weighted by Gasteiger charge is -2.34. The van der Waals surface area contributed by atoms with Crippen LogP contribution >= 0.6 is 27.5 Å². The molecule has 5 heteroatoms. The zero-order valence-corrected chi connectivity index (χ0v) is 14.7. The summed E-state index contributed by atoms with van der Waals surface area (Å²) in [5.74, 6) is -0.0411. The molecule has 2 aromatic carbocycles. The van der Waals surface area contributed by atoms with Gasteiger partial charge in [-0.25, -0.2) is 4.39 Å². The van der Waals surface area contributed by atoms with Gasteiger partial charge in [0.2, 0.25) is 0 Å². The highest BCUT2D eigenvalue weighted by molar-refractivity contribution is 9.10. The maximum atomic E-state index is 13.9. The van der Waals surface area contributed by atoms with Crippen LogP contribution in [0.1, 0.15) is 17.5 Å². The maximum Gasteiger partial charge on any atom is 0.153 e. The fraction of sp³-hybridized carbons (Fsp3) is 0.222. The Kier molecular flexibility index (Phi) is 4.50. The Morgan fingerprint density at radius 3 is 2.78 bits per heavy atom. The summed E-state index contributed by atoms with van der Waals surface area (Å²) in [7, 11) is 0. The molecule has 0 aliphatic carbocycles. The molecule has 23 heavy (non-hydrogen) atoms. The Balaban J connectivity index is 2.13. The van der Waals surface area contributed by atoms with E-state index < -0.39 is 11.4 Å². The highest BCUT2D eigenvalue weighted by atomic mass is 79.9. The van der Waals surface area contributed by atoms with Crippen molar-refractivity contribution in [1.82, 2.24) is 0 Å². The summed E-state index contributed by atoms with van der Waals surface area (Å²) < 4.78 is 20.7. The van der Waals surface area contributed by atoms with Gasteiger partial charge in [0.05, 0.1) is 11.1 Å². The van der Waals surface area contributed by atoms with Crippen LogP contribution in [0.3, 0.4) is 0 Å². The molecule has 2 N–H and O–H groups in total. The molecule has 3 rings (SSSR count). The number of benzene rings is 2. The zero-order chi connectivity index (χ0) is 16.6. The minimum Gasteiger partial charge on any atom is -0.480 e. The van der Waals surface area contributed by atoms with E-state index in [9.17, 15) is 4.39 Å². The van der Waals surface area contributed by atoms with Gasteiger partial charge in [-0.1, -0.05) is 48.0 Å². The summed E-state index contributed by atoms with van der Waals surface area (Å²) in [6, 6.07) is 10.8. The maximum absolute atomic E-state index is 13.9. The van der Waals surface area contributed by atoms with Gasteiger partial charge in [0.25, 0.3) is 0 Å². The average Bonchev–Trinajstić information content (AvgIpc) is 2.95. The van der Waals surface area contributed by atoms with E-state index in [1.807, 2.05) is 30.3 Å². The van der Waals surface area contributed by atoms with Crippen LogP contribution in [0.25, 0.3) is 0 Å². The Labute approximate surface area is 148 Å². The van der Waals surface area contributed by atoms with Crippen molar-refractivity contribution >= 4 is 27.5 Å². The van der Waals surface area contributed by atoms with Gasteiger partial charge < -0.3 is 10.5 Å². The van der Waals surface area contributed by atoms with Crippen LogP contribution < -0.4 is 10.5 Å². The molecule has 0 bridgehead atoms. The predicted molar refractivity (Wildman–Crippen MR) is 94.4 cm³/mol. The molecule has 2 atom stereocenters. The average molecular weight is 397 g/mol. The third kappa shape index (κ3) is 2.69. The van der Waals surface area contributed by atoms with E-state index in [4.69, 9.17) is 22.1 Å². The fourth-order valence-corrected chi connectivity index (χ4v) is 3.73. The molecular formula is C18H16BrClFNO. The topological polar surface area (TPSA) is 35.2 Å². The van der Waals surface area contributed by atoms with Crippen LogP contribution in [0.2, 0.25) is 5.02 Å². The van der Waals surface area contributed by atoms with Crippen molar-refractivity contribution in [3.05, 3.63) is 75.5 Å². The standard InChI is InChI=1S/C18H16BrClFNO/c1-2-6-15(22)18(11-7-4-3-5-8-11)10-12-14(23-18)9-13(21)17(20)16(12)19/h2-5,7-9,15H,1,6,10,22H2/t15-,18-/m0/s1. The summed E-state index contributed by atoms with van der Waals surface area (Å²) in [4.78, 5) is 0. The highest BCUT2D eigenvalue weighted by Crippen LogP contribution is 2.48. The summed E-state index contributed by atoms with van der Waals surface area (Å²) in [6.45, 7) is 3.77. The van der Waals surface area contributed by atoms with Gasteiger partial charge in [-0.3, -0.25) is 0 Å². The second kappa shape index (κ2) is 6.27. The third-order valence-electron chi connectivity index (χ3n) is 4.24. The molecule has 2 nitrogen and oxygen atoms in total. The van der Waals surface area contributed by atoms with Crippen molar-refractivity contribution < 1.29 is 9.13 Å². The molecule has 0 saturated carbocycles. The molecule has 120 valence electrons. The summed E-state index contributed by atoms with van der Waals surface area (Å²) in [6.07, 6.45) is 2.86. The number of hydrogen-bond donors (Lipinski definition) is 1. The largest absolute Gasteiger partial charge is 0.480 e. The smallest absolute Gasteiger partial charge is 0.153 e. The first-order valence-electron chi connectivity index (χ1n) is 7.27. The molecule has 0 amide bonds. The molecule has 1 aliphatic heterocycles. The highest BCUT2D eigenvalue weighted by Gasteiger charge is 2.47. The van der Waals surface area contributed by atoms with Gasteiger partial charge in [-0.05, 0) is 27.9 Å². The van der Waals surface area contributed by atoms with Crippen LogP contribution in [0.4, 0.5) is 4.39 Å². The van der Waals surface area contributed by atoms with Crippen LogP contribution in [0.15, 0.2) is 53.5 Å². The second-order valence-electron chi connectivity index (χ2n) is 5.63. The van der Waals surface area contributed by atoms with Crippen LogP contribution in [-0.4, -0.2) is 6.04 Å². The lowest BCUT2D eigenvalue weighted by atomic mass is 9.81. The van der Waals surface area contributed by atoms with Gasteiger partial charge in [0.15, 0.2) is 5.60 Å². The minimum absolute atomic E-state index is 0.0634. The number of halogens is 3. The molecule has 0 fully saturated rings. The first-order valence-corrected chi connectivity index (χ1v) is 8.44. The van der Waals surface area contributed by atoms with Gasteiger partial charge in [0, 0.05) is 22.5 Å². The molecule has 0 spiro atoms. The Bertz CT molecular complexity index is 752. The lowest BCUT2D eigenvalue weighted by molar-refractivity contribution is 0.0627. The van der Waals surface area contributed by atoms with E-state index >= 15 is 0 Å². The zero-order valence-electron chi connectivity index (χ0n) is 12.4. The lowest BCUT2D eigenvalue weighted by Crippen LogP contribution is -2.49. The van der Waals surface area contributed by atoms with Crippen LogP contribution in [0.5, 0.6) is 5.75 Å². The second-order valence-corrected chi connectivity index (χ2v) is 6.80. The van der Waals surface area contributed by atoms with E-state index in [1.165, 1.54) is 6.07 Å². The quantitative estimate of drug-likeness (QED) is 0.584. The first kappa shape index (κ1) is 16.5. The number of fused-ring (bicyclic) bond motifs is 1. The van der Waals surface area contributed by atoms with Crippen LogP contribution in [-0.2, 0) is 12.0 Å². The number of ether oxygens (including phenoxy) is 1. The van der Waals surface area contributed by atoms with E-state index in [2.05, 4.69) is 22.5 Å². The molecular weight excluding hydrogens is 381 g/mol. The predicted octanol–water partition coefficient (Wildman–Crippen LogP) is 4.98. The van der Waals surface area contributed by atoms with Crippen molar-refractivity contribution in [2.24, 2.45) is 5.73 Å². The molecule has 1 aliphatic rings. The molecule has 0 unspecified atom stereocenters. The molecule has 0 saturated heterocycles. The van der Waals surface area contributed by atoms with Gasteiger partial charge in [-0.2, -0.15) is 0 Å². The number of rotatable bonds is 4. The molecule has 0 aromatic heterocycles. The molecule has 1 heterocycles. The Morgan fingerprint density at radius 1 is 1.43 bits per heavy atom. The van der Waals surface area contributed by atoms with Crippen molar-refractivity contribution in [1.29, 1.82) is 0 Å². The number of nitrogens with two attached hydrogens (primary N) is 1. The monoisotopic (exact) mass is 395 g/mol. The Hall–Kier alpha value is -1.36. The Morgan fingerprint density at radius 2 is 2.13 bits per heavy atom. The fourth-order valence-electron chi connectivity index (χ4n) is 3.03. The minimum atomic E-state index is -0.766. The van der Waals surface area contributed by atoms with E-state index in [0.29, 0.717) is 23.1 Å². The van der Waals surface area contributed by atoms with Crippen LogP contribution in [0, 0.1) is 5.82 Å². The van der Waals surface area contributed by atoms with Crippen molar-refractivity contribution in [3.8, 4) is 5.75 Å². The summed E-state index contributed by atoms with van der Waals surface area (Å²) in [5, 5.41) is 0.0634. The summed E-state index contributed by atoms with van der Waals surface area (Å²) >= 11 is 9.40. The van der Waals surface area contributed by atoms with Gasteiger partial charge in [-0.15, -0.1) is 6.58 Å². The normalized spacial score (nSPS) is 20.7. The van der Waals surface area contributed by atoms with Crippen molar-refractivity contribution in [2.75, 3.05) is 0 Å². The van der Waals surface area contributed by atoms with E-state index in [-0.39, 0.29) is 11.1 Å².